The van der Waals surface area contributed by atoms with Crippen molar-refractivity contribution < 1.29 is 18.0 Å². The second kappa shape index (κ2) is 6.18. The largest absolute Gasteiger partial charge is 0.416 e. The van der Waals surface area contributed by atoms with Crippen molar-refractivity contribution in [1.82, 2.24) is 9.97 Å². The molecule has 0 spiro atoms. The number of halogens is 4. The summed E-state index contributed by atoms with van der Waals surface area (Å²) in [6.45, 7) is 1.70. The third-order valence-corrected chi connectivity index (χ3v) is 2.89. The molecule has 0 unspecified atom stereocenters. The molecule has 0 fully saturated rings. The van der Waals surface area contributed by atoms with Gasteiger partial charge in [0.1, 0.15) is 0 Å². The number of benzene rings is 1. The lowest BCUT2D eigenvalue weighted by Crippen LogP contribution is -2.21. The molecule has 0 atom stereocenters. The molecular formula is C13H10ClF3N4O. The number of aryl methyl sites for hydroxylation is 1. The Kier molecular flexibility index (Phi) is 4.51. The molecule has 0 saturated carbocycles. The number of anilines is 2. The Labute approximate surface area is 128 Å². The molecule has 1 aromatic carbocycles. The Morgan fingerprint density at radius 1 is 1.23 bits per heavy atom. The van der Waals surface area contributed by atoms with E-state index in [9.17, 15) is 18.0 Å². The first-order chi connectivity index (χ1) is 10.3. The molecule has 0 aliphatic rings. The maximum Gasteiger partial charge on any atom is 0.416 e. The van der Waals surface area contributed by atoms with E-state index >= 15 is 0 Å². The van der Waals surface area contributed by atoms with Crippen LogP contribution in [0, 0.1) is 6.92 Å². The van der Waals surface area contributed by atoms with Crippen molar-refractivity contribution >= 4 is 29.3 Å². The Morgan fingerprint density at radius 2 is 1.95 bits per heavy atom. The first-order valence-corrected chi connectivity index (χ1v) is 6.38. The van der Waals surface area contributed by atoms with Crippen LogP contribution in [-0.4, -0.2) is 16.0 Å². The Morgan fingerprint density at radius 3 is 2.59 bits per heavy atom. The normalized spacial score (nSPS) is 11.1. The summed E-state index contributed by atoms with van der Waals surface area (Å²) in [6, 6.07) is 3.47. The summed E-state index contributed by atoms with van der Waals surface area (Å²) >= 11 is 5.78. The summed E-state index contributed by atoms with van der Waals surface area (Å²) in [6.07, 6.45) is -3.09. The number of amides is 2. The molecule has 0 radical (unpaired) electrons. The topological polar surface area (TPSA) is 66.9 Å². The number of rotatable bonds is 2. The number of alkyl halides is 3. The van der Waals surface area contributed by atoms with Crippen LogP contribution in [0.15, 0.2) is 30.5 Å². The van der Waals surface area contributed by atoms with Gasteiger partial charge in [0, 0.05) is 11.9 Å². The third kappa shape index (κ3) is 4.08. The number of nitrogens with one attached hydrogen (secondary N) is 2. The lowest BCUT2D eigenvalue weighted by Gasteiger charge is -2.12. The average Bonchev–Trinajstić information content (AvgIpc) is 2.40. The fourth-order valence-corrected chi connectivity index (χ4v) is 1.73. The van der Waals surface area contributed by atoms with E-state index in [4.69, 9.17) is 11.6 Å². The van der Waals surface area contributed by atoms with Crippen LogP contribution in [0.2, 0.25) is 5.02 Å². The maximum absolute atomic E-state index is 12.6. The molecule has 1 heterocycles. The fraction of sp³-hybridized carbons (Fsp3) is 0.154. The molecule has 2 N–H and O–H groups in total. The second-order valence-electron chi connectivity index (χ2n) is 4.29. The van der Waals surface area contributed by atoms with Crippen LogP contribution < -0.4 is 10.6 Å². The van der Waals surface area contributed by atoms with Crippen molar-refractivity contribution in [3.8, 4) is 0 Å². The molecule has 1 aromatic heterocycles. The van der Waals surface area contributed by atoms with Gasteiger partial charge in [-0.25, -0.2) is 14.8 Å². The Balaban J connectivity index is 2.14. The summed E-state index contributed by atoms with van der Waals surface area (Å²) in [5.41, 5.74) is -0.456. The molecule has 0 aliphatic heterocycles. The van der Waals surface area contributed by atoms with Crippen molar-refractivity contribution in [2.24, 2.45) is 0 Å². The van der Waals surface area contributed by atoms with Crippen molar-refractivity contribution in [3.63, 3.8) is 0 Å². The molecule has 0 bridgehead atoms. The Bertz CT molecular complexity index is 706. The van der Waals surface area contributed by atoms with Gasteiger partial charge < -0.3 is 5.32 Å². The molecule has 2 amide bonds. The standard InChI is InChI=1S/C13H10ClF3N4O/c1-7-4-5-18-11(19-7)21-12(22)20-10-6-8(13(15,16)17)2-3-9(10)14/h2-6H,1H3,(H2,18,19,20,21,22). The van der Waals surface area contributed by atoms with E-state index in [2.05, 4.69) is 20.6 Å². The predicted molar refractivity (Wildman–Crippen MR) is 75.9 cm³/mol. The zero-order valence-electron chi connectivity index (χ0n) is 11.2. The van der Waals surface area contributed by atoms with Crippen LogP contribution in [0.1, 0.15) is 11.3 Å². The van der Waals surface area contributed by atoms with Gasteiger partial charge >= 0.3 is 12.2 Å². The van der Waals surface area contributed by atoms with E-state index in [0.717, 1.165) is 18.2 Å². The summed E-state index contributed by atoms with van der Waals surface area (Å²) < 4.78 is 37.9. The molecule has 5 nitrogen and oxygen atoms in total. The fourth-order valence-electron chi connectivity index (χ4n) is 1.56. The minimum atomic E-state index is -4.53. The van der Waals surface area contributed by atoms with E-state index in [1.165, 1.54) is 6.20 Å². The number of nitrogens with zero attached hydrogens (tertiary/aromatic N) is 2. The highest BCUT2D eigenvalue weighted by molar-refractivity contribution is 6.33. The van der Waals surface area contributed by atoms with E-state index in [-0.39, 0.29) is 16.7 Å². The minimum absolute atomic E-state index is 0.0201. The molecular weight excluding hydrogens is 321 g/mol. The summed E-state index contributed by atoms with van der Waals surface area (Å²) in [4.78, 5) is 19.5. The summed E-state index contributed by atoms with van der Waals surface area (Å²) in [7, 11) is 0. The number of carbonyl (C=O) groups is 1. The first kappa shape index (κ1) is 16.0. The highest BCUT2D eigenvalue weighted by Gasteiger charge is 2.31. The van der Waals surface area contributed by atoms with Gasteiger partial charge in [-0.15, -0.1) is 0 Å². The molecule has 22 heavy (non-hydrogen) atoms. The van der Waals surface area contributed by atoms with Gasteiger partial charge in [0.15, 0.2) is 0 Å². The monoisotopic (exact) mass is 330 g/mol. The summed E-state index contributed by atoms with van der Waals surface area (Å²) in [5, 5.41) is 4.51. The zero-order valence-corrected chi connectivity index (χ0v) is 12.0. The molecule has 0 aliphatic carbocycles. The van der Waals surface area contributed by atoms with Gasteiger partial charge in [0.05, 0.1) is 16.3 Å². The van der Waals surface area contributed by atoms with Gasteiger partial charge in [-0.3, -0.25) is 5.32 Å². The van der Waals surface area contributed by atoms with Gasteiger partial charge in [0.25, 0.3) is 0 Å². The predicted octanol–water partition coefficient (Wildman–Crippen LogP) is 4.10. The maximum atomic E-state index is 12.6. The van der Waals surface area contributed by atoms with E-state index in [1.54, 1.807) is 13.0 Å². The van der Waals surface area contributed by atoms with Crippen LogP contribution in [0.3, 0.4) is 0 Å². The van der Waals surface area contributed by atoms with Crippen LogP contribution in [0.25, 0.3) is 0 Å². The van der Waals surface area contributed by atoms with Crippen LogP contribution >= 0.6 is 11.6 Å². The lowest BCUT2D eigenvalue weighted by molar-refractivity contribution is -0.137. The number of urea groups is 1. The van der Waals surface area contributed by atoms with Crippen LogP contribution in [0.4, 0.5) is 29.6 Å². The number of hydrogen-bond donors (Lipinski definition) is 2. The number of carbonyl (C=O) groups excluding carboxylic acids is 1. The average molecular weight is 331 g/mol. The zero-order chi connectivity index (χ0) is 16.3. The van der Waals surface area contributed by atoms with Gasteiger partial charge in [0.2, 0.25) is 5.95 Å². The SMILES string of the molecule is Cc1ccnc(NC(=O)Nc2cc(C(F)(F)F)ccc2Cl)n1. The first-order valence-electron chi connectivity index (χ1n) is 6.00. The van der Waals surface area contributed by atoms with Gasteiger partial charge in [-0.05, 0) is 31.2 Å². The minimum Gasteiger partial charge on any atom is -0.306 e. The highest BCUT2D eigenvalue weighted by atomic mass is 35.5. The molecule has 0 saturated heterocycles. The van der Waals surface area contributed by atoms with E-state index in [1.807, 2.05) is 0 Å². The molecule has 9 heteroatoms. The highest BCUT2D eigenvalue weighted by Crippen LogP contribution is 2.33. The molecule has 116 valence electrons. The summed E-state index contributed by atoms with van der Waals surface area (Å²) in [5.74, 6) is 0.0283. The van der Waals surface area contributed by atoms with Crippen LogP contribution in [0.5, 0.6) is 0 Å². The third-order valence-electron chi connectivity index (χ3n) is 2.56. The number of hydrogen-bond acceptors (Lipinski definition) is 3. The number of aromatic nitrogens is 2. The molecule has 2 rings (SSSR count). The van der Waals surface area contributed by atoms with Crippen molar-refractivity contribution in [3.05, 3.63) is 46.7 Å². The van der Waals surface area contributed by atoms with E-state index in [0.29, 0.717) is 5.69 Å². The van der Waals surface area contributed by atoms with E-state index < -0.39 is 17.8 Å². The van der Waals surface area contributed by atoms with Crippen LogP contribution in [-0.2, 0) is 6.18 Å². The van der Waals surface area contributed by atoms with Crippen molar-refractivity contribution in [2.45, 2.75) is 13.1 Å². The Hall–Kier alpha value is -2.35. The van der Waals surface area contributed by atoms with Crippen molar-refractivity contribution in [1.29, 1.82) is 0 Å². The quantitative estimate of drug-likeness (QED) is 0.871. The van der Waals surface area contributed by atoms with Gasteiger partial charge in [-0.1, -0.05) is 11.6 Å². The van der Waals surface area contributed by atoms with Crippen molar-refractivity contribution in [2.75, 3.05) is 10.6 Å². The van der Waals surface area contributed by atoms with Gasteiger partial charge in [-0.2, -0.15) is 13.2 Å². The lowest BCUT2D eigenvalue weighted by atomic mass is 10.2. The molecule has 2 aromatic rings. The smallest absolute Gasteiger partial charge is 0.306 e. The second-order valence-corrected chi connectivity index (χ2v) is 4.70.